The average molecular weight is 498 g/mol. The van der Waals surface area contributed by atoms with Gasteiger partial charge in [-0.15, -0.1) is 5.10 Å². The van der Waals surface area contributed by atoms with Crippen molar-refractivity contribution < 1.29 is 27.9 Å². The summed E-state index contributed by atoms with van der Waals surface area (Å²) in [7, 11) is 0. The summed E-state index contributed by atoms with van der Waals surface area (Å²) in [5.74, 6) is -2.55. The van der Waals surface area contributed by atoms with E-state index in [1.54, 1.807) is 0 Å². The molecule has 0 fully saturated rings. The number of allylic oxidation sites excluding steroid dienone is 1. The Kier molecular flexibility index (Phi) is 5.89. The zero-order valence-corrected chi connectivity index (χ0v) is 18.5. The second-order valence-electron chi connectivity index (χ2n) is 7.90. The van der Waals surface area contributed by atoms with Crippen LogP contribution in [-0.2, 0) is 22.3 Å². The number of nitriles is 1. The summed E-state index contributed by atoms with van der Waals surface area (Å²) in [6.45, 7) is 0.734. The number of carboxylic acids is 1. The molecule has 3 N–H and O–H groups in total. The summed E-state index contributed by atoms with van der Waals surface area (Å²) < 4.78 is 41.9. The molecule has 36 heavy (non-hydrogen) atoms. The number of aliphatic carboxylic acids is 1. The molecule has 0 aliphatic carbocycles. The van der Waals surface area contributed by atoms with Crippen LogP contribution < -0.4 is 16.3 Å². The highest BCUT2D eigenvalue weighted by Crippen LogP contribution is 2.42. The van der Waals surface area contributed by atoms with Gasteiger partial charge in [0.25, 0.3) is 0 Å². The summed E-state index contributed by atoms with van der Waals surface area (Å²) in [5.41, 5.74) is 3.50. The van der Waals surface area contributed by atoms with Gasteiger partial charge in [-0.05, 0) is 42.8 Å². The Morgan fingerprint density at radius 3 is 2.42 bits per heavy atom. The Morgan fingerprint density at radius 2 is 1.86 bits per heavy atom. The van der Waals surface area contributed by atoms with Crippen molar-refractivity contribution in [3.05, 3.63) is 87.0 Å². The molecule has 1 aromatic heterocycles. The van der Waals surface area contributed by atoms with Crippen molar-refractivity contribution in [3.8, 4) is 6.07 Å². The number of aromatic nitrogens is 3. The first-order chi connectivity index (χ1) is 16.9. The van der Waals surface area contributed by atoms with Gasteiger partial charge in [0.15, 0.2) is 0 Å². The summed E-state index contributed by atoms with van der Waals surface area (Å²) in [5, 5.41) is 23.3. The molecule has 1 atom stereocenters. The monoisotopic (exact) mass is 498 g/mol. The maximum absolute atomic E-state index is 13.4. The van der Waals surface area contributed by atoms with Crippen LogP contribution in [0, 0.1) is 11.3 Å². The fourth-order valence-electron chi connectivity index (χ4n) is 4.09. The number of hydrogen-bond donors (Lipinski definition) is 2. The van der Waals surface area contributed by atoms with Gasteiger partial charge >= 0.3 is 17.8 Å². The largest absolute Gasteiger partial charge is 0.478 e. The number of rotatable bonds is 5. The molecule has 0 saturated carbocycles. The van der Waals surface area contributed by atoms with Crippen LogP contribution in [-0.4, -0.2) is 31.3 Å². The fourth-order valence-corrected chi connectivity index (χ4v) is 4.09. The number of primary amides is 1. The first kappa shape index (κ1) is 24.3. The lowest BCUT2D eigenvalue weighted by molar-refractivity contribution is -0.137. The van der Waals surface area contributed by atoms with Crippen molar-refractivity contribution in [2.45, 2.75) is 25.7 Å². The van der Waals surface area contributed by atoms with Gasteiger partial charge in [0.05, 0.1) is 22.8 Å². The van der Waals surface area contributed by atoms with Crippen molar-refractivity contribution in [3.63, 3.8) is 0 Å². The third-order valence-electron chi connectivity index (χ3n) is 5.63. The quantitative estimate of drug-likeness (QED) is 0.549. The molecular formula is C23H17F3N6O4. The van der Waals surface area contributed by atoms with E-state index in [0.29, 0.717) is 10.2 Å². The number of nitrogens with zero attached hydrogens (tertiary/aromatic N) is 5. The minimum absolute atomic E-state index is 0.0000841. The van der Waals surface area contributed by atoms with Gasteiger partial charge in [0.2, 0.25) is 11.9 Å². The molecule has 0 saturated heterocycles. The van der Waals surface area contributed by atoms with Gasteiger partial charge in [-0.3, -0.25) is 9.69 Å². The fraction of sp³-hybridized carbons (Fsp3) is 0.174. The van der Waals surface area contributed by atoms with E-state index in [0.717, 1.165) is 27.7 Å². The molecule has 2 aromatic carbocycles. The number of alkyl halides is 3. The van der Waals surface area contributed by atoms with Gasteiger partial charge in [-0.25, -0.2) is 18.8 Å². The number of anilines is 2. The molecule has 1 aliphatic heterocycles. The lowest BCUT2D eigenvalue weighted by atomic mass is 9.94. The highest BCUT2D eigenvalue weighted by molar-refractivity contribution is 5.92. The molecular weight excluding hydrogens is 481 g/mol. The molecule has 13 heteroatoms. The molecule has 0 radical (unpaired) electrons. The third-order valence-corrected chi connectivity index (χ3v) is 5.63. The Balaban J connectivity index is 2.04. The van der Waals surface area contributed by atoms with Gasteiger partial charge in [0.1, 0.15) is 12.6 Å². The van der Waals surface area contributed by atoms with Crippen molar-refractivity contribution in [1.29, 1.82) is 5.26 Å². The molecule has 1 aliphatic rings. The van der Waals surface area contributed by atoms with E-state index in [1.165, 1.54) is 37.3 Å². The van der Waals surface area contributed by atoms with Crippen molar-refractivity contribution in [2.75, 3.05) is 4.90 Å². The second-order valence-corrected chi connectivity index (χ2v) is 7.90. The predicted molar refractivity (Wildman–Crippen MR) is 119 cm³/mol. The van der Waals surface area contributed by atoms with E-state index in [-0.39, 0.29) is 28.5 Å². The minimum Gasteiger partial charge on any atom is -0.478 e. The van der Waals surface area contributed by atoms with Crippen LogP contribution in [0.2, 0.25) is 0 Å². The zero-order chi connectivity index (χ0) is 26.4. The van der Waals surface area contributed by atoms with Crippen molar-refractivity contribution in [1.82, 2.24) is 14.3 Å². The highest BCUT2D eigenvalue weighted by Gasteiger charge is 2.40. The predicted octanol–water partition coefficient (Wildman–Crippen LogP) is 2.52. The maximum Gasteiger partial charge on any atom is 0.416 e. The van der Waals surface area contributed by atoms with E-state index < -0.39 is 41.9 Å². The van der Waals surface area contributed by atoms with Crippen molar-refractivity contribution >= 4 is 23.5 Å². The van der Waals surface area contributed by atoms with E-state index >= 15 is 0 Å². The second kappa shape index (κ2) is 8.73. The molecule has 0 bridgehead atoms. The Bertz CT molecular complexity index is 1510. The number of fused-ring (bicyclic) bond motifs is 1. The van der Waals surface area contributed by atoms with Crippen molar-refractivity contribution in [2.24, 2.45) is 5.73 Å². The standard InChI is InChI=1S/C23H17F3N6O4/c1-12-18(20(34)35)19(14-7-5-13(10-27)6-8-14)32-21(29-30(22(32)36)11-17(28)33)31(12)16-4-2-3-15(9-16)23(24,25)26/h2-9,19H,11H2,1H3,(H2,28,33)(H,34,35). The normalized spacial score (nSPS) is 15.4. The van der Waals surface area contributed by atoms with Gasteiger partial charge < -0.3 is 10.8 Å². The van der Waals surface area contributed by atoms with Gasteiger partial charge in [0, 0.05) is 11.4 Å². The third kappa shape index (κ3) is 4.09. The number of carbonyl (C=O) groups is 2. The first-order valence-corrected chi connectivity index (χ1v) is 10.3. The van der Waals surface area contributed by atoms with Crippen LogP contribution in [0.4, 0.5) is 24.8 Å². The number of carbonyl (C=O) groups excluding carboxylic acids is 1. The Hall–Kier alpha value is -4.86. The number of amides is 1. The Labute approximate surface area is 200 Å². The lowest BCUT2D eigenvalue weighted by Gasteiger charge is -2.35. The Morgan fingerprint density at radius 1 is 1.19 bits per heavy atom. The summed E-state index contributed by atoms with van der Waals surface area (Å²) in [6, 6.07) is 10.6. The lowest BCUT2D eigenvalue weighted by Crippen LogP contribution is -2.38. The van der Waals surface area contributed by atoms with Crippen LogP contribution >= 0.6 is 0 Å². The van der Waals surface area contributed by atoms with Crippen LogP contribution in [0.5, 0.6) is 0 Å². The molecule has 1 unspecified atom stereocenters. The molecule has 1 amide bonds. The zero-order valence-electron chi connectivity index (χ0n) is 18.5. The van der Waals surface area contributed by atoms with E-state index in [9.17, 15) is 32.7 Å². The van der Waals surface area contributed by atoms with Gasteiger partial charge in [-0.2, -0.15) is 18.4 Å². The summed E-state index contributed by atoms with van der Waals surface area (Å²) in [4.78, 5) is 38.4. The number of hydrogen-bond acceptors (Lipinski definition) is 6. The topological polar surface area (TPSA) is 147 Å². The molecule has 10 nitrogen and oxygen atoms in total. The van der Waals surface area contributed by atoms with Crippen LogP contribution in [0.25, 0.3) is 0 Å². The summed E-state index contributed by atoms with van der Waals surface area (Å²) in [6.07, 6.45) is -4.69. The van der Waals surface area contributed by atoms with E-state index in [4.69, 9.17) is 11.0 Å². The number of halogens is 3. The molecule has 4 rings (SSSR count). The number of carboxylic acid groups (broad SMARTS) is 1. The van der Waals surface area contributed by atoms with E-state index in [1.807, 2.05) is 6.07 Å². The molecule has 3 aromatic rings. The maximum atomic E-state index is 13.4. The molecule has 2 heterocycles. The first-order valence-electron chi connectivity index (χ1n) is 10.3. The SMILES string of the molecule is CC1=C(C(=O)O)C(c2ccc(C#N)cc2)n2c(nn(CC(N)=O)c2=O)N1c1cccc(C(F)(F)F)c1. The van der Waals surface area contributed by atoms with Crippen LogP contribution in [0.15, 0.2) is 64.6 Å². The highest BCUT2D eigenvalue weighted by atomic mass is 19.4. The average Bonchev–Trinajstić information content (AvgIpc) is 3.12. The molecule has 0 spiro atoms. The van der Waals surface area contributed by atoms with E-state index in [2.05, 4.69) is 5.10 Å². The van der Waals surface area contributed by atoms with Gasteiger partial charge in [-0.1, -0.05) is 18.2 Å². The molecule has 184 valence electrons. The summed E-state index contributed by atoms with van der Waals surface area (Å²) >= 11 is 0. The number of benzene rings is 2. The van der Waals surface area contributed by atoms with Crippen LogP contribution in [0.3, 0.4) is 0 Å². The number of nitrogens with two attached hydrogens (primary N) is 1. The smallest absolute Gasteiger partial charge is 0.416 e. The van der Waals surface area contributed by atoms with Crippen LogP contribution in [0.1, 0.15) is 29.7 Å². The minimum atomic E-state index is -4.69.